The molecule has 1 aliphatic rings. The van der Waals surface area contributed by atoms with Gasteiger partial charge in [0.1, 0.15) is 8.07 Å². The van der Waals surface area contributed by atoms with E-state index in [-0.39, 0.29) is 0 Å². The van der Waals surface area contributed by atoms with Crippen molar-refractivity contribution in [2.45, 2.75) is 13.1 Å². The first kappa shape index (κ1) is 31.3. The second-order valence-corrected chi connectivity index (χ2v) is 18.8. The molecule has 10 rings (SSSR count). The first-order valence-electron chi connectivity index (χ1n) is 18.2. The Labute approximate surface area is 310 Å². The molecule has 0 atom stereocenters. The predicted octanol–water partition coefficient (Wildman–Crippen LogP) is 11.3. The van der Waals surface area contributed by atoms with E-state index in [4.69, 9.17) is 15.0 Å². The highest BCUT2D eigenvalue weighted by Crippen LogP contribution is 2.41. The molecule has 0 N–H and O–H groups in total. The van der Waals surface area contributed by atoms with E-state index < -0.39 is 8.07 Å². The third-order valence-corrected chi connectivity index (χ3v) is 14.5. The topological polar surface area (TPSA) is 38.7 Å². The van der Waals surface area contributed by atoms with Crippen molar-refractivity contribution in [3.63, 3.8) is 0 Å². The summed E-state index contributed by atoms with van der Waals surface area (Å²) in [6, 6.07) is 62.8. The molecule has 0 unspecified atom stereocenters. The van der Waals surface area contributed by atoms with Crippen molar-refractivity contribution in [2.75, 3.05) is 0 Å². The lowest BCUT2D eigenvalue weighted by Crippen LogP contribution is -2.49. The Bertz CT molecular complexity index is 2860. The zero-order valence-corrected chi connectivity index (χ0v) is 30.6. The Morgan fingerprint density at radius 1 is 0.340 bits per heavy atom. The summed E-state index contributed by atoms with van der Waals surface area (Å²) < 4.78 is 0. The van der Waals surface area contributed by atoms with Crippen molar-refractivity contribution in [3.8, 4) is 67.5 Å². The monoisotopic (exact) mass is 693 g/mol. The first-order chi connectivity index (χ1) is 26.0. The zero-order valence-electron chi connectivity index (χ0n) is 29.6. The summed E-state index contributed by atoms with van der Waals surface area (Å²) in [4.78, 5) is 16.0. The molecule has 0 saturated heterocycles. The standard InChI is InChI=1S/C49H35N3Si/c1-53(2)43-23-13-22-42(46(43)45-40-20-10-9-18-34(40)28-29-44(45)53)49-51-47(50-48(52-49)41-21-12-11-19-39(41)33-16-7-4-8-17-33)38-27-26-36-30-35(24-25-37(36)31-38)32-14-5-3-6-15-32/h3-31H,1-2H3. The Hall–Kier alpha value is -6.49. The van der Waals surface area contributed by atoms with Gasteiger partial charge in [0.15, 0.2) is 17.5 Å². The minimum absolute atomic E-state index is 0.659. The lowest BCUT2D eigenvalue weighted by Gasteiger charge is -2.19. The third kappa shape index (κ3) is 5.22. The van der Waals surface area contributed by atoms with Crippen molar-refractivity contribution in [3.05, 3.63) is 176 Å². The van der Waals surface area contributed by atoms with E-state index in [1.807, 2.05) is 0 Å². The maximum absolute atomic E-state index is 5.36. The average Bonchev–Trinajstić information content (AvgIpc) is 3.47. The van der Waals surface area contributed by atoms with Crippen LogP contribution in [0.1, 0.15) is 0 Å². The van der Waals surface area contributed by atoms with Gasteiger partial charge in [-0.3, -0.25) is 0 Å². The molecule has 0 aliphatic carbocycles. The predicted molar refractivity (Wildman–Crippen MR) is 224 cm³/mol. The smallest absolute Gasteiger partial charge is 0.164 e. The van der Waals surface area contributed by atoms with E-state index in [9.17, 15) is 0 Å². The fourth-order valence-electron chi connectivity index (χ4n) is 8.22. The molecule has 0 fully saturated rings. The summed E-state index contributed by atoms with van der Waals surface area (Å²) in [7, 11) is -2.00. The maximum Gasteiger partial charge on any atom is 0.164 e. The van der Waals surface area contributed by atoms with Crippen molar-refractivity contribution < 1.29 is 0 Å². The van der Waals surface area contributed by atoms with Crippen molar-refractivity contribution in [2.24, 2.45) is 0 Å². The van der Waals surface area contributed by atoms with Crippen LogP contribution in [0.15, 0.2) is 176 Å². The number of hydrogen-bond donors (Lipinski definition) is 0. The molecule has 1 aliphatic heterocycles. The summed E-state index contributed by atoms with van der Waals surface area (Å²) in [6.45, 7) is 4.93. The van der Waals surface area contributed by atoms with Gasteiger partial charge in [0.25, 0.3) is 0 Å². The number of nitrogens with zero attached hydrogens (tertiary/aromatic N) is 3. The van der Waals surface area contributed by atoms with Gasteiger partial charge >= 0.3 is 0 Å². The van der Waals surface area contributed by atoms with Crippen molar-refractivity contribution >= 4 is 40.0 Å². The van der Waals surface area contributed by atoms with Crippen LogP contribution < -0.4 is 10.4 Å². The Balaban J connectivity index is 1.21. The van der Waals surface area contributed by atoms with E-state index in [0.29, 0.717) is 17.5 Å². The van der Waals surface area contributed by atoms with Crippen LogP contribution in [0.3, 0.4) is 0 Å². The highest BCUT2D eigenvalue weighted by atomic mass is 28.3. The Morgan fingerprint density at radius 3 is 1.66 bits per heavy atom. The second kappa shape index (κ2) is 12.3. The molecule has 9 aromatic rings. The molecular formula is C49H35N3Si. The van der Waals surface area contributed by atoms with Crippen LogP contribution in [0.2, 0.25) is 13.1 Å². The average molecular weight is 694 g/mol. The van der Waals surface area contributed by atoms with E-state index in [0.717, 1.165) is 33.2 Å². The molecule has 4 heteroatoms. The molecule has 0 spiro atoms. The molecule has 8 aromatic carbocycles. The molecule has 0 radical (unpaired) electrons. The van der Waals surface area contributed by atoms with Crippen LogP contribution in [-0.4, -0.2) is 23.0 Å². The Kier molecular flexibility index (Phi) is 7.27. The number of fused-ring (bicyclic) bond motifs is 6. The van der Waals surface area contributed by atoms with Gasteiger partial charge in [-0.15, -0.1) is 0 Å². The molecule has 2 heterocycles. The van der Waals surface area contributed by atoms with Gasteiger partial charge in [-0.2, -0.15) is 0 Å². The van der Waals surface area contributed by atoms with Gasteiger partial charge < -0.3 is 0 Å². The lowest BCUT2D eigenvalue weighted by atomic mass is 9.94. The number of hydrogen-bond acceptors (Lipinski definition) is 3. The minimum atomic E-state index is -2.00. The van der Waals surface area contributed by atoms with E-state index in [1.54, 1.807) is 0 Å². The van der Waals surface area contributed by atoms with E-state index in [1.165, 1.54) is 48.8 Å². The fourth-order valence-corrected chi connectivity index (χ4v) is 11.3. The van der Waals surface area contributed by atoms with Crippen LogP contribution in [-0.2, 0) is 0 Å². The van der Waals surface area contributed by atoms with Gasteiger partial charge in [0.05, 0.1) is 0 Å². The highest BCUT2D eigenvalue weighted by Gasteiger charge is 2.40. The normalized spacial score (nSPS) is 12.9. The molecule has 0 bridgehead atoms. The zero-order chi connectivity index (χ0) is 35.5. The van der Waals surface area contributed by atoms with Crippen LogP contribution >= 0.6 is 0 Å². The van der Waals surface area contributed by atoms with Gasteiger partial charge in [-0.05, 0) is 77.4 Å². The summed E-state index contributed by atoms with van der Waals surface area (Å²) in [5, 5.41) is 7.74. The van der Waals surface area contributed by atoms with Gasteiger partial charge in [-0.1, -0.05) is 177 Å². The largest absolute Gasteiger partial charge is 0.208 e. The Morgan fingerprint density at radius 2 is 0.887 bits per heavy atom. The van der Waals surface area contributed by atoms with Gasteiger partial charge in [0, 0.05) is 16.7 Å². The number of benzene rings is 8. The SMILES string of the molecule is C[Si]1(C)c2cccc(-c3nc(-c4ccc5cc(-c6ccccc6)ccc5c4)nc(-c4ccccc4-c4ccccc4)n3)c2-c2c1ccc1ccccc21. The summed E-state index contributed by atoms with van der Waals surface area (Å²) in [5.41, 5.74) is 10.2. The molecule has 1 aromatic heterocycles. The van der Waals surface area contributed by atoms with Crippen molar-refractivity contribution in [1.82, 2.24) is 15.0 Å². The van der Waals surface area contributed by atoms with Crippen LogP contribution in [0.4, 0.5) is 0 Å². The molecule has 0 saturated carbocycles. The summed E-state index contributed by atoms with van der Waals surface area (Å²) >= 11 is 0. The lowest BCUT2D eigenvalue weighted by molar-refractivity contribution is 1.08. The second-order valence-electron chi connectivity index (χ2n) is 14.4. The van der Waals surface area contributed by atoms with Crippen LogP contribution in [0.5, 0.6) is 0 Å². The summed E-state index contributed by atoms with van der Waals surface area (Å²) in [6.07, 6.45) is 0. The highest BCUT2D eigenvalue weighted by molar-refractivity contribution is 7.04. The van der Waals surface area contributed by atoms with Gasteiger partial charge in [0.2, 0.25) is 0 Å². The fraction of sp³-hybridized carbons (Fsp3) is 0.0408. The first-order valence-corrected chi connectivity index (χ1v) is 21.2. The molecule has 3 nitrogen and oxygen atoms in total. The third-order valence-electron chi connectivity index (χ3n) is 10.9. The minimum Gasteiger partial charge on any atom is -0.208 e. The van der Waals surface area contributed by atoms with Crippen LogP contribution in [0.25, 0.3) is 89.1 Å². The molecule has 250 valence electrons. The molecule has 53 heavy (non-hydrogen) atoms. The maximum atomic E-state index is 5.36. The quantitative estimate of drug-likeness (QED) is 0.168. The number of rotatable bonds is 5. The van der Waals surface area contributed by atoms with Crippen LogP contribution in [0, 0.1) is 0 Å². The van der Waals surface area contributed by atoms with Gasteiger partial charge in [-0.25, -0.2) is 15.0 Å². The van der Waals surface area contributed by atoms with E-state index in [2.05, 4.69) is 189 Å². The molecule has 0 amide bonds. The molecular weight excluding hydrogens is 659 g/mol. The summed E-state index contributed by atoms with van der Waals surface area (Å²) in [5.74, 6) is 2.01. The van der Waals surface area contributed by atoms with Crippen molar-refractivity contribution in [1.29, 1.82) is 0 Å². The number of aromatic nitrogens is 3. The van der Waals surface area contributed by atoms with E-state index >= 15 is 0 Å².